The van der Waals surface area contributed by atoms with Gasteiger partial charge in [-0.05, 0) is 38.0 Å². The average Bonchev–Trinajstić information content (AvgIpc) is 2.36. The van der Waals surface area contributed by atoms with Crippen LogP contribution in [0.2, 0.25) is 0 Å². The van der Waals surface area contributed by atoms with E-state index in [9.17, 15) is 13.2 Å². The predicted octanol–water partition coefficient (Wildman–Crippen LogP) is 1.69. The molecule has 0 spiro atoms. The fraction of sp³-hybridized carbons (Fsp3) is 0.500. The fourth-order valence-electron chi connectivity index (χ4n) is 1.67. The minimum atomic E-state index is -3.10. The van der Waals surface area contributed by atoms with Crippen molar-refractivity contribution >= 4 is 21.4 Å². The van der Waals surface area contributed by atoms with Crippen LogP contribution in [0.4, 0.5) is 5.69 Å². The number of carbonyl (C=O) groups is 1. The van der Waals surface area contributed by atoms with Crippen molar-refractivity contribution in [3.05, 3.63) is 29.8 Å². The van der Waals surface area contributed by atoms with Gasteiger partial charge in [0.05, 0.1) is 11.0 Å². The van der Waals surface area contributed by atoms with E-state index in [4.69, 9.17) is 5.73 Å². The molecule has 0 radical (unpaired) electrons. The molecule has 0 fully saturated rings. The summed E-state index contributed by atoms with van der Waals surface area (Å²) in [5.74, 6) is -0.378. The molecule has 0 aromatic heterocycles. The first-order valence-electron chi connectivity index (χ1n) is 6.62. The van der Waals surface area contributed by atoms with Gasteiger partial charge >= 0.3 is 0 Å². The number of nitrogens with one attached hydrogen (secondary N) is 1. The Labute approximate surface area is 120 Å². The highest BCUT2D eigenvalue weighted by Gasteiger charge is 2.17. The molecule has 1 aromatic carbocycles. The third-order valence-corrected chi connectivity index (χ3v) is 5.30. The van der Waals surface area contributed by atoms with Crippen molar-refractivity contribution in [3.63, 3.8) is 0 Å². The molecule has 5 nitrogen and oxygen atoms in total. The van der Waals surface area contributed by atoms with Crippen LogP contribution >= 0.6 is 0 Å². The quantitative estimate of drug-likeness (QED) is 0.801. The number of nitrogens with two attached hydrogens (primary N) is 1. The van der Waals surface area contributed by atoms with Gasteiger partial charge in [-0.1, -0.05) is 19.1 Å². The highest BCUT2D eigenvalue weighted by molar-refractivity contribution is 7.91. The Hall–Kier alpha value is -1.56. The molecule has 0 aliphatic carbocycles. The molecule has 0 saturated carbocycles. The van der Waals surface area contributed by atoms with Gasteiger partial charge in [-0.25, -0.2) is 8.42 Å². The molecular weight excluding hydrogens is 276 g/mol. The smallest absolute Gasteiger partial charge is 0.239 e. The van der Waals surface area contributed by atoms with E-state index in [1.807, 2.05) is 6.92 Å². The number of amides is 1. The molecule has 6 heteroatoms. The fourth-order valence-corrected chi connectivity index (χ4v) is 2.66. The number of carbonyl (C=O) groups excluding carboxylic acids is 1. The Morgan fingerprint density at radius 2 is 1.80 bits per heavy atom. The molecule has 1 atom stereocenters. The summed E-state index contributed by atoms with van der Waals surface area (Å²) in [6, 6.07) is 6.60. The molecule has 1 rings (SSSR count). The van der Waals surface area contributed by atoms with E-state index in [0.29, 0.717) is 6.42 Å². The lowest BCUT2D eigenvalue weighted by Crippen LogP contribution is -2.34. The van der Waals surface area contributed by atoms with E-state index in [1.165, 1.54) is 0 Å². The molecule has 0 aliphatic heterocycles. The lowest BCUT2D eigenvalue weighted by molar-refractivity contribution is -0.118. The lowest BCUT2D eigenvalue weighted by Gasteiger charge is -2.15. The molecule has 0 aliphatic rings. The van der Waals surface area contributed by atoms with Crippen molar-refractivity contribution < 1.29 is 13.2 Å². The van der Waals surface area contributed by atoms with E-state index in [0.717, 1.165) is 11.3 Å². The Morgan fingerprint density at radius 1 is 1.25 bits per heavy atom. The number of hydrogen-bond acceptors (Lipinski definition) is 4. The normalized spacial score (nSPS) is 13.2. The molecule has 112 valence electrons. The second-order valence-electron chi connectivity index (χ2n) is 5.06. The first-order valence-corrected chi connectivity index (χ1v) is 8.34. The average molecular weight is 298 g/mol. The van der Waals surface area contributed by atoms with Crippen molar-refractivity contribution in [2.24, 2.45) is 5.73 Å². The lowest BCUT2D eigenvalue weighted by atomic mass is 10.2. The van der Waals surface area contributed by atoms with Crippen LogP contribution < -0.4 is 11.1 Å². The van der Waals surface area contributed by atoms with Crippen molar-refractivity contribution in [1.29, 1.82) is 0 Å². The molecule has 1 amide bonds. The zero-order chi connectivity index (χ0) is 15.3. The zero-order valence-corrected chi connectivity index (χ0v) is 12.9. The number of anilines is 1. The minimum absolute atomic E-state index is 0.0258. The second kappa shape index (κ2) is 6.74. The highest BCUT2D eigenvalue weighted by atomic mass is 32.2. The van der Waals surface area contributed by atoms with Gasteiger partial charge in [-0.15, -0.1) is 0 Å². The molecule has 3 N–H and O–H groups in total. The Bertz CT molecular complexity index is 550. The molecule has 0 heterocycles. The van der Waals surface area contributed by atoms with Crippen LogP contribution in [0.25, 0.3) is 0 Å². The standard InChI is InChI=1S/C14H22N2O3S/c1-4-13(14(15)17)16-12-7-5-11(6-8-12)9-20(18,19)10(2)3/h5-8,10,13,16H,4,9H2,1-3H3,(H2,15,17). The van der Waals surface area contributed by atoms with Crippen LogP contribution in [0, 0.1) is 0 Å². The van der Waals surface area contributed by atoms with Crippen molar-refractivity contribution in [1.82, 2.24) is 0 Å². The van der Waals surface area contributed by atoms with Gasteiger partial charge in [0.25, 0.3) is 0 Å². The van der Waals surface area contributed by atoms with Gasteiger partial charge in [0.1, 0.15) is 6.04 Å². The molecule has 0 bridgehead atoms. The summed E-state index contributed by atoms with van der Waals surface area (Å²) >= 11 is 0. The highest BCUT2D eigenvalue weighted by Crippen LogP contribution is 2.15. The number of primary amides is 1. The summed E-state index contributed by atoms with van der Waals surface area (Å²) < 4.78 is 23.6. The third-order valence-electron chi connectivity index (χ3n) is 3.13. The largest absolute Gasteiger partial charge is 0.374 e. The Morgan fingerprint density at radius 3 is 2.20 bits per heavy atom. The van der Waals surface area contributed by atoms with Gasteiger partial charge in [0.15, 0.2) is 9.84 Å². The molecular formula is C14H22N2O3S. The topological polar surface area (TPSA) is 89.3 Å². The number of benzene rings is 1. The van der Waals surface area contributed by atoms with Gasteiger partial charge in [0, 0.05) is 5.69 Å². The summed E-state index contributed by atoms with van der Waals surface area (Å²) in [6.45, 7) is 5.21. The summed E-state index contributed by atoms with van der Waals surface area (Å²) in [6.07, 6.45) is 0.596. The van der Waals surface area contributed by atoms with Crippen molar-refractivity contribution in [2.75, 3.05) is 5.32 Å². The molecule has 20 heavy (non-hydrogen) atoms. The molecule has 0 saturated heterocycles. The van der Waals surface area contributed by atoms with E-state index < -0.39 is 21.8 Å². The predicted molar refractivity (Wildman–Crippen MR) is 81.1 cm³/mol. The first kappa shape index (κ1) is 16.5. The number of sulfone groups is 1. The van der Waals surface area contributed by atoms with Crippen LogP contribution in [0.15, 0.2) is 24.3 Å². The van der Waals surface area contributed by atoms with E-state index in [-0.39, 0.29) is 11.0 Å². The third kappa shape index (κ3) is 4.52. The van der Waals surface area contributed by atoms with Crippen LogP contribution in [-0.2, 0) is 20.4 Å². The summed E-state index contributed by atoms with van der Waals surface area (Å²) in [5, 5.41) is 2.63. The zero-order valence-electron chi connectivity index (χ0n) is 12.1. The maximum Gasteiger partial charge on any atom is 0.239 e. The SMILES string of the molecule is CCC(Nc1ccc(CS(=O)(=O)C(C)C)cc1)C(N)=O. The van der Waals surface area contributed by atoms with E-state index in [1.54, 1.807) is 38.1 Å². The van der Waals surface area contributed by atoms with Gasteiger partial charge in [0.2, 0.25) is 5.91 Å². The molecule has 1 unspecified atom stereocenters. The summed E-state index contributed by atoms with van der Waals surface area (Å²) in [5.41, 5.74) is 6.74. The Kier molecular flexibility index (Phi) is 5.56. The van der Waals surface area contributed by atoms with Gasteiger partial charge in [-0.2, -0.15) is 0 Å². The summed E-state index contributed by atoms with van der Waals surface area (Å²) in [7, 11) is -3.10. The van der Waals surface area contributed by atoms with Gasteiger partial charge < -0.3 is 11.1 Å². The van der Waals surface area contributed by atoms with Crippen molar-refractivity contribution in [2.45, 2.75) is 44.2 Å². The van der Waals surface area contributed by atoms with Crippen molar-refractivity contribution in [3.8, 4) is 0 Å². The maximum atomic E-state index is 11.8. The number of hydrogen-bond donors (Lipinski definition) is 2. The van der Waals surface area contributed by atoms with Crippen LogP contribution in [0.5, 0.6) is 0 Å². The minimum Gasteiger partial charge on any atom is -0.374 e. The van der Waals surface area contributed by atoms with Crippen LogP contribution in [-0.4, -0.2) is 25.6 Å². The van der Waals surface area contributed by atoms with Crippen LogP contribution in [0.3, 0.4) is 0 Å². The van der Waals surface area contributed by atoms with E-state index in [2.05, 4.69) is 5.32 Å². The number of rotatable bonds is 7. The summed E-state index contributed by atoms with van der Waals surface area (Å²) in [4.78, 5) is 11.1. The monoisotopic (exact) mass is 298 g/mol. The van der Waals surface area contributed by atoms with E-state index >= 15 is 0 Å². The molecule has 1 aromatic rings. The first-order chi connectivity index (χ1) is 9.26. The maximum absolute atomic E-state index is 11.8. The Balaban J connectivity index is 2.77. The van der Waals surface area contributed by atoms with Crippen LogP contribution in [0.1, 0.15) is 32.8 Å². The second-order valence-corrected chi connectivity index (χ2v) is 7.62. The van der Waals surface area contributed by atoms with Gasteiger partial charge in [-0.3, -0.25) is 4.79 Å².